The number of hydrogen-bond acceptors (Lipinski definition) is 2. The summed E-state index contributed by atoms with van der Waals surface area (Å²) in [5.41, 5.74) is 0. The normalized spacial score (nSPS) is 34.9. The minimum absolute atomic E-state index is 0.0000926. The Bertz CT molecular complexity index is 218. The van der Waals surface area contributed by atoms with Crippen molar-refractivity contribution in [1.82, 2.24) is 4.90 Å². The Morgan fingerprint density at radius 2 is 2.27 bits per heavy atom. The molecule has 0 saturated carbocycles. The van der Waals surface area contributed by atoms with Crippen LogP contribution in [-0.2, 0) is 9.59 Å². The third-order valence-corrected chi connectivity index (χ3v) is 2.49. The van der Waals surface area contributed by atoms with Crippen LogP contribution in [0.4, 0.5) is 0 Å². The van der Waals surface area contributed by atoms with Crippen LogP contribution < -0.4 is 0 Å². The summed E-state index contributed by atoms with van der Waals surface area (Å²) in [5, 5.41) is 8.66. The maximum absolute atomic E-state index is 10.9. The number of carboxylic acid groups (broad SMARTS) is 1. The number of amides is 1. The SMILES string of the molecule is O=C(O)[C@H]1CC[C@H]2CC(=O)N21. The zero-order valence-corrected chi connectivity index (χ0v) is 5.99. The molecule has 2 aliphatic heterocycles. The van der Waals surface area contributed by atoms with Gasteiger partial charge in [-0.15, -0.1) is 0 Å². The van der Waals surface area contributed by atoms with E-state index in [1.165, 1.54) is 4.90 Å². The highest BCUT2D eigenvalue weighted by Gasteiger charge is 2.48. The van der Waals surface area contributed by atoms with Gasteiger partial charge < -0.3 is 10.0 Å². The molecule has 2 fully saturated rings. The van der Waals surface area contributed by atoms with E-state index in [1.54, 1.807) is 0 Å². The maximum Gasteiger partial charge on any atom is 0.326 e. The van der Waals surface area contributed by atoms with E-state index < -0.39 is 12.0 Å². The maximum atomic E-state index is 10.9. The lowest BCUT2D eigenvalue weighted by Crippen LogP contribution is -2.54. The molecule has 11 heavy (non-hydrogen) atoms. The molecule has 0 radical (unpaired) electrons. The first-order valence-electron chi connectivity index (χ1n) is 3.74. The van der Waals surface area contributed by atoms with Gasteiger partial charge in [-0.3, -0.25) is 4.79 Å². The number of rotatable bonds is 1. The Labute approximate surface area is 63.8 Å². The number of fused-ring (bicyclic) bond motifs is 1. The molecule has 0 aromatic carbocycles. The number of β-lactam (4-membered cyclic amide) rings is 1. The van der Waals surface area contributed by atoms with Crippen LogP contribution in [0, 0.1) is 0 Å². The zero-order chi connectivity index (χ0) is 8.01. The van der Waals surface area contributed by atoms with E-state index in [1.807, 2.05) is 0 Å². The fourth-order valence-electron chi connectivity index (χ4n) is 1.90. The lowest BCUT2D eigenvalue weighted by atomic mass is 10.0. The van der Waals surface area contributed by atoms with Gasteiger partial charge >= 0.3 is 5.97 Å². The molecule has 4 nitrogen and oxygen atoms in total. The van der Waals surface area contributed by atoms with Gasteiger partial charge in [0, 0.05) is 12.5 Å². The molecule has 2 aliphatic rings. The molecule has 0 aromatic heterocycles. The highest BCUT2D eigenvalue weighted by molar-refractivity contribution is 5.89. The van der Waals surface area contributed by atoms with E-state index in [0.717, 1.165) is 6.42 Å². The van der Waals surface area contributed by atoms with Gasteiger partial charge in [-0.2, -0.15) is 0 Å². The quantitative estimate of drug-likeness (QED) is 0.535. The average Bonchev–Trinajstić information content (AvgIpc) is 2.25. The lowest BCUT2D eigenvalue weighted by Gasteiger charge is -2.36. The standard InChI is InChI=1S/C7H9NO3/c9-6-3-4-1-2-5(7(10)11)8(4)6/h4-5H,1-3H2,(H,10,11)/t4-,5+/m0/s1. The minimum Gasteiger partial charge on any atom is -0.480 e. The summed E-state index contributed by atoms with van der Waals surface area (Å²) < 4.78 is 0. The molecule has 1 amide bonds. The second-order valence-electron chi connectivity index (χ2n) is 3.09. The van der Waals surface area contributed by atoms with Crippen molar-refractivity contribution in [1.29, 1.82) is 0 Å². The number of nitrogens with zero attached hydrogens (tertiary/aromatic N) is 1. The lowest BCUT2D eigenvalue weighted by molar-refractivity contribution is -0.156. The van der Waals surface area contributed by atoms with E-state index in [2.05, 4.69) is 0 Å². The van der Waals surface area contributed by atoms with Gasteiger partial charge in [0.05, 0.1) is 0 Å². The zero-order valence-electron chi connectivity index (χ0n) is 5.99. The number of carboxylic acids is 1. The van der Waals surface area contributed by atoms with Crippen molar-refractivity contribution in [2.24, 2.45) is 0 Å². The van der Waals surface area contributed by atoms with Crippen LogP contribution in [0.1, 0.15) is 19.3 Å². The fourth-order valence-corrected chi connectivity index (χ4v) is 1.90. The van der Waals surface area contributed by atoms with E-state index in [4.69, 9.17) is 5.11 Å². The smallest absolute Gasteiger partial charge is 0.326 e. The molecule has 0 unspecified atom stereocenters. The predicted octanol–water partition coefficient (Wildman–Crippen LogP) is -0.166. The van der Waals surface area contributed by atoms with Crippen molar-refractivity contribution in [3.8, 4) is 0 Å². The summed E-state index contributed by atoms with van der Waals surface area (Å²) in [7, 11) is 0. The van der Waals surface area contributed by atoms with Gasteiger partial charge in [-0.25, -0.2) is 4.79 Å². The van der Waals surface area contributed by atoms with Gasteiger partial charge in [-0.1, -0.05) is 0 Å². The Morgan fingerprint density at radius 1 is 1.55 bits per heavy atom. The summed E-state index contributed by atoms with van der Waals surface area (Å²) in [6, 6.07) is -0.287. The van der Waals surface area contributed by atoms with Gasteiger partial charge in [0.2, 0.25) is 5.91 Å². The summed E-state index contributed by atoms with van der Waals surface area (Å²) in [4.78, 5) is 22.9. The van der Waals surface area contributed by atoms with Crippen molar-refractivity contribution in [2.75, 3.05) is 0 Å². The molecule has 2 atom stereocenters. The molecule has 60 valence electrons. The van der Waals surface area contributed by atoms with Crippen molar-refractivity contribution in [3.63, 3.8) is 0 Å². The van der Waals surface area contributed by atoms with E-state index in [-0.39, 0.29) is 11.9 Å². The number of aliphatic carboxylic acids is 1. The van der Waals surface area contributed by atoms with Crippen LogP contribution in [0.15, 0.2) is 0 Å². The molecule has 1 N–H and O–H groups in total. The molecule has 4 heteroatoms. The summed E-state index contributed by atoms with van der Waals surface area (Å²) in [6.45, 7) is 0. The molecule has 2 heterocycles. The first-order chi connectivity index (χ1) is 5.20. The molecule has 0 aromatic rings. The van der Waals surface area contributed by atoms with Crippen LogP contribution in [0.5, 0.6) is 0 Å². The van der Waals surface area contributed by atoms with Crippen LogP contribution >= 0.6 is 0 Å². The van der Waals surface area contributed by atoms with Crippen LogP contribution in [0.3, 0.4) is 0 Å². The van der Waals surface area contributed by atoms with Crippen LogP contribution in [-0.4, -0.2) is 34.0 Å². The van der Waals surface area contributed by atoms with Gasteiger partial charge in [0.15, 0.2) is 0 Å². The third kappa shape index (κ3) is 0.751. The Balaban J connectivity index is 2.14. The minimum atomic E-state index is -0.861. The summed E-state index contributed by atoms with van der Waals surface area (Å²) in [5.74, 6) is -0.861. The number of hydrogen-bond donors (Lipinski definition) is 1. The predicted molar refractivity (Wildman–Crippen MR) is 35.9 cm³/mol. The first kappa shape index (κ1) is 6.64. The fraction of sp³-hybridized carbons (Fsp3) is 0.714. The summed E-state index contributed by atoms with van der Waals surface area (Å²) >= 11 is 0. The van der Waals surface area contributed by atoms with Crippen molar-refractivity contribution >= 4 is 11.9 Å². The molecular formula is C7H9NO3. The van der Waals surface area contributed by atoms with Crippen molar-refractivity contribution in [3.05, 3.63) is 0 Å². The van der Waals surface area contributed by atoms with Gasteiger partial charge in [0.1, 0.15) is 6.04 Å². The third-order valence-electron chi connectivity index (χ3n) is 2.49. The van der Waals surface area contributed by atoms with Crippen molar-refractivity contribution in [2.45, 2.75) is 31.3 Å². The van der Waals surface area contributed by atoms with Crippen LogP contribution in [0.25, 0.3) is 0 Å². The van der Waals surface area contributed by atoms with Crippen LogP contribution in [0.2, 0.25) is 0 Å². The first-order valence-corrected chi connectivity index (χ1v) is 3.74. The number of carbonyl (C=O) groups is 2. The Morgan fingerprint density at radius 3 is 2.73 bits per heavy atom. The average molecular weight is 155 g/mol. The Kier molecular flexibility index (Phi) is 1.19. The van der Waals surface area contributed by atoms with E-state index in [9.17, 15) is 9.59 Å². The van der Waals surface area contributed by atoms with E-state index >= 15 is 0 Å². The monoisotopic (exact) mass is 155 g/mol. The highest BCUT2D eigenvalue weighted by Crippen LogP contribution is 2.34. The number of carbonyl (C=O) groups excluding carboxylic acids is 1. The Hall–Kier alpha value is -1.06. The summed E-state index contributed by atoms with van der Waals surface area (Å²) in [6.07, 6.45) is 2.05. The van der Waals surface area contributed by atoms with Gasteiger partial charge in [0.25, 0.3) is 0 Å². The highest BCUT2D eigenvalue weighted by atomic mass is 16.4. The van der Waals surface area contributed by atoms with Gasteiger partial charge in [-0.05, 0) is 12.8 Å². The molecular weight excluding hydrogens is 146 g/mol. The topological polar surface area (TPSA) is 57.6 Å². The second-order valence-corrected chi connectivity index (χ2v) is 3.09. The van der Waals surface area contributed by atoms with Crippen molar-refractivity contribution < 1.29 is 14.7 Å². The molecule has 0 aliphatic carbocycles. The second kappa shape index (κ2) is 1.96. The molecule has 2 rings (SSSR count). The molecule has 2 saturated heterocycles. The molecule has 0 spiro atoms. The van der Waals surface area contributed by atoms with E-state index in [0.29, 0.717) is 12.8 Å². The largest absolute Gasteiger partial charge is 0.480 e. The molecule has 0 bridgehead atoms.